The molecule has 2 aromatic carbocycles. The van der Waals surface area contributed by atoms with E-state index in [-0.39, 0.29) is 33.9 Å². The van der Waals surface area contributed by atoms with Crippen molar-refractivity contribution in [2.24, 2.45) is 23.2 Å². The number of hydrazine groups is 2. The number of benzene rings is 2. The second-order valence-electron chi connectivity index (χ2n) is 7.40. The van der Waals surface area contributed by atoms with E-state index in [1.807, 2.05) is 0 Å². The standard InChI is InChI=1S/C23H23N7O6/c24-16(10-29(26)12-4-6-14(22(33)34)20(31)8-12)18-2-1-3-19(28-18)17(25)11-30(27)13-5-7-15(23(35)36)21(32)9-13/h1-11,31-32H,24-27H2,(H,33,34)(H,35,36)/b16-10-,17-11-. The second-order valence-corrected chi connectivity index (χ2v) is 7.40. The molecule has 0 saturated carbocycles. The molecule has 13 nitrogen and oxygen atoms in total. The van der Waals surface area contributed by atoms with Crippen LogP contribution in [0.4, 0.5) is 11.4 Å². The van der Waals surface area contributed by atoms with Gasteiger partial charge in [0.15, 0.2) is 0 Å². The fourth-order valence-electron chi connectivity index (χ4n) is 3.06. The van der Waals surface area contributed by atoms with Gasteiger partial charge in [-0.15, -0.1) is 0 Å². The van der Waals surface area contributed by atoms with Gasteiger partial charge in [0.25, 0.3) is 0 Å². The summed E-state index contributed by atoms with van der Waals surface area (Å²) in [6, 6.07) is 12.4. The predicted molar refractivity (Wildman–Crippen MR) is 132 cm³/mol. The molecule has 36 heavy (non-hydrogen) atoms. The monoisotopic (exact) mass is 493 g/mol. The zero-order chi connectivity index (χ0) is 26.6. The molecule has 0 spiro atoms. The van der Waals surface area contributed by atoms with Crippen molar-refractivity contribution in [2.75, 3.05) is 10.0 Å². The van der Waals surface area contributed by atoms with Crippen molar-refractivity contribution in [3.8, 4) is 11.5 Å². The number of nitrogens with zero attached hydrogens (tertiary/aromatic N) is 3. The molecule has 1 aromatic heterocycles. The Labute approximate surface area is 204 Å². The summed E-state index contributed by atoms with van der Waals surface area (Å²) in [5, 5.41) is 39.9. The van der Waals surface area contributed by atoms with Crippen molar-refractivity contribution in [1.29, 1.82) is 0 Å². The number of hydrogen-bond donors (Lipinski definition) is 8. The maximum absolute atomic E-state index is 11.0. The third-order valence-corrected chi connectivity index (χ3v) is 4.92. The van der Waals surface area contributed by atoms with Gasteiger partial charge in [-0.25, -0.2) is 26.3 Å². The molecule has 13 heteroatoms. The van der Waals surface area contributed by atoms with Crippen LogP contribution in [0.25, 0.3) is 11.4 Å². The van der Waals surface area contributed by atoms with Crippen LogP contribution >= 0.6 is 0 Å². The molecule has 0 radical (unpaired) electrons. The van der Waals surface area contributed by atoms with Gasteiger partial charge >= 0.3 is 11.9 Å². The fraction of sp³-hybridized carbons (Fsp3) is 0. The summed E-state index contributed by atoms with van der Waals surface area (Å²) >= 11 is 0. The lowest BCUT2D eigenvalue weighted by Gasteiger charge is -2.17. The average molecular weight is 493 g/mol. The van der Waals surface area contributed by atoms with E-state index in [9.17, 15) is 19.8 Å². The van der Waals surface area contributed by atoms with Crippen molar-refractivity contribution in [1.82, 2.24) is 4.98 Å². The first-order valence-electron chi connectivity index (χ1n) is 10.1. The normalized spacial score (nSPS) is 11.7. The highest BCUT2D eigenvalue weighted by atomic mass is 16.4. The number of aromatic nitrogens is 1. The zero-order valence-corrected chi connectivity index (χ0v) is 18.6. The molecule has 0 aliphatic rings. The Bertz CT molecular complexity index is 1290. The fourth-order valence-corrected chi connectivity index (χ4v) is 3.06. The molecule has 0 aliphatic carbocycles. The summed E-state index contributed by atoms with van der Waals surface area (Å²) < 4.78 is 0. The Morgan fingerprint density at radius 3 is 1.44 bits per heavy atom. The Balaban J connectivity index is 1.82. The Hall–Kier alpha value is -5.27. The minimum Gasteiger partial charge on any atom is -0.507 e. The molecule has 0 amide bonds. The van der Waals surface area contributed by atoms with Gasteiger partial charge in [-0.1, -0.05) is 6.07 Å². The van der Waals surface area contributed by atoms with E-state index >= 15 is 0 Å². The number of aromatic hydroxyl groups is 2. The van der Waals surface area contributed by atoms with E-state index in [0.29, 0.717) is 11.4 Å². The first-order chi connectivity index (χ1) is 17.0. The lowest BCUT2D eigenvalue weighted by Crippen LogP contribution is -2.26. The maximum Gasteiger partial charge on any atom is 0.339 e. The van der Waals surface area contributed by atoms with Crippen LogP contribution in [0.1, 0.15) is 32.1 Å². The summed E-state index contributed by atoms with van der Waals surface area (Å²) in [6.45, 7) is 0. The maximum atomic E-state index is 11.0. The number of phenols is 2. The lowest BCUT2D eigenvalue weighted by atomic mass is 10.1. The third-order valence-electron chi connectivity index (χ3n) is 4.92. The molecule has 0 aliphatic heterocycles. The number of carbonyl (C=O) groups is 2. The molecular weight excluding hydrogens is 470 g/mol. The van der Waals surface area contributed by atoms with Crippen LogP contribution in [0.5, 0.6) is 11.5 Å². The SMILES string of the molecule is N/C(=C\N(N)c1ccc(C(=O)O)c(O)c1)c1cccc(/C(N)=C/N(N)c2ccc(C(=O)O)c(O)c2)n1. The average Bonchev–Trinajstić information content (AvgIpc) is 2.83. The van der Waals surface area contributed by atoms with Gasteiger partial charge < -0.3 is 31.9 Å². The summed E-state index contributed by atoms with van der Waals surface area (Å²) in [6.07, 6.45) is 2.65. The van der Waals surface area contributed by atoms with Crippen molar-refractivity contribution in [2.45, 2.75) is 0 Å². The first kappa shape index (κ1) is 25.4. The van der Waals surface area contributed by atoms with E-state index in [4.69, 9.17) is 33.4 Å². The van der Waals surface area contributed by atoms with E-state index in [2.05, 4.69) is 4.98 Å². The first-order valence-corrected chi connectivity index (χ1v) is 10.1. The highest BCUT2D eigenvalue weighted by Crippen LogP contribution is 2.25. The topological polar surface area (TPSA) is 239 Å². The number of aromatic carboxylic acids is 2. The number of nitrogens with two attached hydrogens (primary N) is 4. The second kappa shape index (κ2) is 10.3. The van der Waals surface area contributed by atoms with Crippen molar-refractivity contribution < 1.29 is 30.0 Å². The molecule has 0 unspecified atom stereocenters. The number of carboxylic acid groups (broad SMARTS) is 2. The third kappa shape index (κ3) is 5.61. The number of anilines is 2. The molecule has 12 N–H and O–H groups in total. The number of hydrogen-bond acceptors (Lipinski definition) is 11. The minimum atomic E-state index is -1.28. The number of rotatable bonds is 8. The number of carboxylic acids is 2. The molecular formula is C23H23N7O6. The van der Waals surface area contributed by atoms with Gasteiger partial charge in [0.1, 0.15) is 22.6 Å². The van der Waals surface area contributed by atoms with Gasteiger partial charge in [-0.2, -0.15) is 0 Å². The van der Waals surface area contributed by atoms with Gasteiger partial charge in [0.05, 0.1) is 34.2 Å². The van der Waals surface area contributed by atoms with Crippen LogP contribution in [0, 0.1) is 0 Å². The molecule has 0 fully saturated rings. The van der Waals surface area contributed by atoms with Crippen LogP contribution in [0.3, 0.4) is 0 Å². The predicted octanol–water partition coefficient (Wildman–Crippen LogP) is 1.16. The molecule has 3 rings (SSSR count). The molecule has 1 heterocycles. The van der Waals surface area contributed by atoms with Crippen molar-refractivity contribution >= 4 is 34.7 Å². The molecule has 0 bridgehead atoms. The number of pyridine rings is 1. The lowest BCUT2D eigenvalue weighted by molar-refractivity contribution is 0.0682. The van der Waals surface area contributed by atoms with E-state index < -0.39 is 23.4 Å². The Kier molecular flexibility index (Phi) is 7.28. The molecule has 3 aromatic rings. The van der Waals surface area contributed by atoms with Gasteiger partial charge in [0.2, 0.25) is 0 Å². The summed E-state index contributed by atoms with van der Waals surface area (Å²) in [7, 11) is 0. The van der Waals surface area contributed by atoms with Crippen LogP contribution in [-0.2, 0) is 0 Å². The summed E-state index contributed by atoms with van der Waals surface area (Å²) in [5.41, 5.74) is 13.1. The summed E-state index contributed by atoms with van der Waals surface area (Å²) in [5.74, 6) is 8.46. The largest absolute Gasteiger partial charge is 0.507 e. The van der Waals surface area contributed by atoms with Crippen molar-refractivity contribution in [3.63, 3.8) is 0 Å². The summed E-state index contributed by atoms with van der Waals surface area (Å²) in [4.78, 5) is 26.5. The van der Waals surface area contributed by atoms with Gasteiger partial charge in [0, 0.05) is 24.5 Å². The quantitative estimate of drug-likeness (QED) is 0.162. The van der Waals surface area contributed by atoms with Gasteiger partial charge in [-0.3, -0.25) is 10.0 Å². The van der Waals surface area contributed by atoms with Crippen LogP contribution in [0.2, 0.25) is 0 Å². The molecule has 0 atom stereocenters. The highest BCUT2D eigenvalue weighted by Gasteiger charge is 2.13. The minimum absolute atomic E-state index is 0.132. The van der Waals surface area contributed by atoms with Gasteiger partial charge in [-0.05, 0) is 36.4 Å². The Morgan fingerprint density at radius 1 is 0.722 bits per heavy atom. The smallest absolute Gasteiger partial charge is 0.339 e. The van der Waals surface area contributed by atoms with Crippen LogP contribution < -0.4 is 33.2 Å². The zero-order valence-electron chi connectivity index (χ0n) is 18.6. The van der Waals surface area contributed by atoms with E-state index in [1.165, 1.54) is 48.8 Å². The van der Waals surface area contributed by atoms with E-state index in [1.54, 1.807) is 18.2 Å². The highest BCUT2D eigenvalue weighted by molar-refractivity contribution is 5.92. The van der Waals surface area contributed by atoms with Crippen LogP contribution in [-0.4, -0.2) is 37.3 Å². The molecule has 0 saturated heterocycles. The molecule has 186 valence electrons. The van der Waals surface area contributed by atoms with Crippen molar-refractivity contribution in [3.05, 3.63) is 89.5 Å². The van der Waals surface area contributed by atoms with E-state index in [0.717, 1.165) is 10.0 Å². The Morgan fingerprint density at radius 2 is 1.11 bits per heavy atom. The van der Waals surface area contributed by atoms with Crippen LogP contribution in [0.15, 0.2) is 67.0 Å².